The number of methoxy groups -OCH3 is 1. The summed E-state index contributed by atoms with van der Waals surface area (Å²) in [5.41, 5.74) is 9.89. The SMILES string of the molecule is COc1cc(N(C)CCN(C)C)c(N)cc1Nc1ncc(C(=O)OC(C)C)c(-c2cc(F)c3nc(C)n(C(C)C)c3c2)n1. The van der Waals surface area contributed by atoms with E-state index in [1.54, 1.807) is 33.1 Å². The second kappa shape index (κ2) is 12.8. The number of nitrogens with one attached hydrogen (secondary N) is 1. The van der Waals surface area contributed by atoms with E-state index in [2.05, 4.69) is 30.1 Å². The van der Waals surface area contributed by atoms with Crippen molar-refractivity contribution in [2.45, 2.75) is 46.8 Å². The first-order valence-electron chi connectivity index (χ1n) is 14.2. The lowest BCUT2D eigenvalue weighted by Crippen LogP contribution is -2.29. The summed E-state index contributed by atoms with van der Waals surface area (Å²) in [5.74, 6) is 0.243. The predicted molar refractivity (Wildman–Crippen MR) is 169 cm³/mol. The number of nitrogen functional groups attached to an aromatic ring is 1. The van der Waals surface area contributed by atoms with Crippen LogP contribution >= 0.6 is 0 Å². The minimum Gasteiger partial charge on any atom is -0.494 e. The molecular weight excluding hydrogens is 551 g/mol. The first-order chi connectivity index (χ1) is 20.3. The maximum Gasteiger partial charge on any atom is 0.342 e. The molecule has 0 aliphatic heterocycles. The van der Waals surface area contributed by atoms with Gasteiger partial charge in [0, 0.05) is 44.0 Å². The number of rotatable bonds is 11. The van der Waals surface area contributed by atoms with Gasteiger partial charge in [0.05, 0.1) is 41.5 Å². The molecule has 0 fully saturated rings. The molecule has 0 atom stereocenters. The van der Waals surface area contributed by atoms with Crippen molar-refractivity contribution in [1.29, 1.82) is 0 Å². The van der Waals surface area contributed by atoms with E-state index in [4.69, 9.17) is 15.2 Å². The first-order valence-corrected chi connectivity index (χ1v) is 14.2. The van der Waals surface area contributed by atoms with Gasteiger partial charge in [-0.1, -0.05) is 0 Å². The number of carbonyl (C=O) groups excluding carboxylic acids is 1. The van der Waals surface area contributed by atoms with Crippen molar-refractivity contribution < 1.29 is 18.7 Å². The molecule has 0 unspecified atom stereocenters. The fourth-order valence-electron chi connectivity index (χ4n) is 4.92. The summed E-state index contributed by atoms with van der Waals surface area (Å²) in [6, 6.07) is 6.75. The number of esters is 1. The van der Waals surface area contributed by atoms with Crippen LogP contribution in [0.4, 0.5) is 27.4 Å². The average Bonchev–Trinajstić information content (AvgIpc) is 3.28. The number of anilines is 4. The number of likely N-dealkylation sites (N-methyl/N-ethyl adjacent to an activating group) is 2. The standard InChI is InChI=1S/C31H41FN8O3/c1-17(2)40-19(5)35-29-22(32)12-20(13-26(29)40)28-21(30(41)43-18(3)4)16-34-31(37-28)36-24-14-23(33)25(15-27(24)42-9)39(8)11-10-38(6)7/h12-18H,10-11,33H2,1-9H3,(H,34,36,37). The Morgan fingerprint density at radius 2 is 1.81 bits per heavy atom. The number of aromatic nitrogens is 4. The van der Waals surface area contributed by atoms with Gasteiger partial charge in [0.15, 0.2) is 5.82 Å². The molecule has 2 aromatic carbocycles. The number of benzene rings is 2. The Morgan fingerprint density at radius 3 is 2.44 bits per heavy atom. The molecule has 4 aromatic rings. The van der Waals surface area contributed by atoms with Crippen molar-refractivity contribution in [2.75, 3.05) is 57.3 Å². The molecule has 0 aliphatic carbocycles. The van der Waals surface area contributed by atoms with Crippen LogP contribution in [0.2, 0.25) is 0 Å². The first kappa shape index (κ1) is 31.5. The minimum atomic E-state index is -0.613. The number of fused-ring (bicyclic) bond motifs is 1. The van der Waals surface area contributed by atoms with Crippen molar-refractivity contribution in [3.8, 4) is 17.0 Å². The van der Waals surface area contributed by atoms with Crippen molar-refractivity contribution in [2.24, 2.45) is 0 Å². The number of imidazole rings is 1. The van der Waals surface area contributed by atoms with E-state index in [9.17, 15) is 4.79 Å². The zero-order valence-electron chi connectivity index (χ0n) is 26.3. The highest BCUT2D eigenvalue weighted by molar-refractivity contribution is 5.97. The van der Waals surface area contributed by atoms with Crippen LogP contribution in [0, 0.1) is 12.7 Å². The van der Waals surface area contributed by atoms with E-state index in [1.807, 2.05) is 52.5 Å². The summed E-state index contributed by atoms with van der Waals surface area (Å²) in [6.07, 6.45) is 1.01. The van der Waals surface area contributed by atoms with Gasteiger partial charge in [0.25, 0.3) is 0 Å². The zero-order chi connectivity index (χ0) is 31.6. The van der Waals surface area contributed by atoms with E-state index in [1.165, 1.54) is 12.3 Å². The lowest BCUT2D eigenvalue weighted by Gasteiger charge is -2.24. The topological polar surface area (TPSA) is 124 Å². The van der Waals surface area contributed by atoms with Crippen LogP contribution in [0.5, 0.6) is 5.75 Å². The molecule has 2 heterocycles. The Balaban J connectivity index is 1.81. The number of hydrogen-bond acceptors (Lipinski definition) is 10. The molecule has 4 rings (SSSR count). The summed E-state index contributed by atoms with van der Waals surface area (Å²) < 4.78 is 28.5. The lowest BCUT2D eigenvalue weighted by molar-refractivity contribution is 0.0378. The van der Waals surface area contributed by atoms with Crippen molar-refractivity contribution in [1.82, 2.24) is 24.4 Å². The smallest absolute Gasteiger partial charge is 0.342 e. The fraction of sp³-hybridized carbons (Fsp3) is 0.419. The highest BCUT2D eigenvalue weighted by Crippen LogP contribution is 2.37. The highest BCUT2D eigenvalue weighted by Gasteiger charge is 2.23. The summed E-state index contributed by atoms with van der Waals surface area (Å²) in [7, 11) is 7.56. The van der Waals surface area contributed by atoms with Crippen molar-refractivity contribution in [3.05, 3.63) is 47.7 Å². The molecule has 0 aliphatic rings. The van der Waals surface area contributed by atoms with Crippen LogP contribution in [-0.4, -0.2) is 77.8 Å². The molecule has 0 bridgehead atoms. The van der Waals surface area contributed by atoms with Gasteiger partial charge in [-0.25, -0.2) is 24.1 Å². The number of halogens is 1. The van der Waals surface area contributed by atoms with E-state index in [0.717, 1.165) is 18.8 Å². The molecule has 0 radical (unpaired) electrons. The van der Waals surface area contributed by atoms with Gasteiger partial charge >= 0.3 is 5.97 Å². The summed E-state index contributed by atoms with van der Waals surface area (Å²) in [6.45, 7) is 11.0. The van der Waals surface area contributed by atoms with Crippen LogP contribution in [0.25, 0.3) is 22.3 Å². The van der Waals surface area contributed by atoms with E-state index < -0.39 is 11.8 Å². The van der Waals surface area contributed by atoms with Crippen LogP contribution < -0.4 is 20.7 Å². The maximum absolute atomic E-state index is 15.4. The Kier molecular flexibility index (Phi) is 9.39. The normalized spacial score (nSPS) is 11.6. The number of ether oxygens (including phenoxy) is 2. The maximum atomic E-state index is 15.4. The monoisotopic (exact) mass is 592 g/mol. The van der Waals surface area contributed by atoms with Gasteiger partial charge in [-0.05, 0) is 66.9 Å². The molecule has 230 valence electrons. The summed E-state index contributed by atoms with van der Waals surface area (Å²) in [4.78, 5) is 30.7. The Hall–Kier alpha value is -4.45. The van der Waals surface area contributed by atoms with Crippen molar-refractivity contribution in [3.63, 3.8) is 0 Å². The Labute approximate surface area is 251 Å². The fourth-order valence-corrected chi connectivity index (χ4v) is 4.92. The Bertz CT molecular complexity index is 1630. The predicted octanol–water partition coefficient (Wildman–Crippen LogP) is 5.42. The molecular formula is C31H41FN8O3. The average molecular weight is 593 g/mol. The van der Waals surface area contributed by atoms with Gasteiger partial charge in [-0.3, -0.25) is 0 Å². The third-order valence-electron chi connectivity index (χ3n) is 6.96. The molecule has 0 saturated heterocycles. The largest absolute Gasteiger partial charge is 0.494 e. The second-order valence-electron chi connectivity index (χ2n) is 11.3. The third-order valence-corrected chi connectivity index (χ3v) is 6.96. The summed E-state index contributed by atoms with van der Waals surface area (Å²) in [5, 5.41) is 3.17. The molecule has 43 heavy (non-hydrogen) atoms. The number of aryl methyl sites for hydroxylation is 1. The molecule has 0 amide bonds. The molecule has 11 nitrogen and oxygen atoms in total. The van der Waals surface area contributed by atoms with Gasteiger partial charge in [-0.2, -0.15) is 0 Å². The van der Waals surface area contributed by atoms with Gasteiger partial charge in [0.1, 0.15) is 22.7 Å². The summed E-state index contributed by atoms with van der Waals surface area (Å²) >= 11 is 0. The van der Waals surface area contributed by atoms with Crippen LogP contribution in [-0.2, 0) is 4.74 Å². The molecule has 0 saturated carbocycles. The number of carbonyl (C=O) groups is 1. The van der Waals surface area contributed by atoms with Crippen LogP contribution in [0.1, 0.15) is 49.9 Å². The minimum absolute atomic E-state index is 0.0375. The molecule has 12 heteroatoms. The quantitative estimate of drug-likeness (QED) is 0.172. The van der Waals surface area contributed by atoms with Crippen molar-refractivity contribution >= 4 is 40.0 Å². The number of hydrogen-bond donors (Lipinski definition) is 2. The lowest BCUT2D eigenvalue weighted by atomic mass is 10.1. The van der Waals surface area contributed by atoms with E-state index >= 15 is 4.39 Å². The van der Waals surface area contributed by atoms with Gasteiger partial charge in [0.2, 0.25) is 5.95 Å². The van der Waals surface area contributed by atoms with Gasteiger partial charge < -0.3 is 34.9 Å². The second-order valence-corrected chi connectivity index (χ2v) is 11.3. The van der Waals surface area contributed by atoms with Crippen LogP contribution in [0.15, 0.2) is 30.5 Å². The highest BCUT2D eigenvalue weighted by atomic mass is 19.1. The zero-order valence-corrected chi connectivity index (χ0v) is 26.3. The third kappa shape index (κ3) is 6.80. The van der Waals surface area contributed by atoms with E-state index in [-0.39, 0.29) is 34.9 Å². The molecule has 3 N–H and O–H groups in total. The number of nitrogens with zero attached hydrogens (tertiary/aromatic N) is 6. The molecule has 2 aromatic heterocycles. The van der Waals surface area contributed by atoms with E-state index in [0.29, 0.717) is 34.0 Å². The molecule has 0 spiro atoms. The Morgan fingerprint density at radius 1 is 1.09 bits per heavy atom. The van der Waals surface area contributed by atoms with Gasteiger partial charge in [-0.15, -0.1) is 0 Å². The van der Waals surface area contributed by atoms with Crippen LogP contribution in [0.3, 0.4) is 0 Å². The number of nitrogens with two attached hydrogens (primary N) is 1.